The van der Waals surface area contributed by atoms with Crippen molar-refractivity contribution >= 4 is 34.9 Å². The van der Waals surface area contributed by atoms with Gasteiger partial charge in [-0.1, -0.05) is 38.3 Å². The molecule has 0 aromatic heterocycles. The topological polar surface area (TPSA) is 79.9 Å². The lowest BCUT2D eigenvalue weighted by atomic mass is 9.95. The van der Waals surface area contributed by atoms with Crippen LogP contribution in [0.25, 0.3) is 0 Å². The number of hydrogen-bond donors (Lipinski definition) is 2. The zero-order chi connectivity index (χ0) is 22.8. The van der Waals surface area contributed by atoms with Gasteiger partial charge in [-0.05, 0) is 43.3 Å². The molecule has 1 aliphatic heterocycles. The van der Waals surface area contributed by atoms with Crippen LogP contribution < -0.4 is 10.6 Å². The van der Waals surface area contributed by atoms with Gasteiger partial charge >= 0.3 is 5.97 Å². The molecule has 0 aliphatic carbocycles. The monoisotopic (exact) mass is 447 g/mol. The predicted molar refractivity (Wildman–Crippen MR) is 126 cm³/mol. The summed E-state index contributed by atoms with van der Waals surface area (Å²) in [4.78, 5) is 26.7. The molecule has 0 bridgehead atoms. The minimum atomic E-state index is -0.433. The molecule has 0 spiro atoms. The van der Waals surface area contributed by atoms with Crippen molar-refractivity contribution in [3.8, 4) is 0 Å². The number of amides is 1. The van der Waals surface area contributed by atoms with Gasteiger partial charge in [-0.2, -0.15) is 0 Å². The second-order valence-corrected chi connectivity index (χ2v) is 7.94. The highest BCUT2D eigenvalue weighted by Gasteiger charge is 2.33. The summed E-state index contributed by atoms with van der Waals surface area (Å²) in [6.07, 6.45) is 4.78. The maximum atomic E-state index is 12.8. The van der Waals surface area contributed by atoms with E-state index in [0.717, 1.165) is 42.6 Å². The summed E-state index contributed by atoms with van der Waals surface area (Å²) in [5.41, 5.74) is 2.82. The van der Waals surface area contributed by atoms with Gasteiger partial charge in [-0.15, -0.1) is 0 Å². The molecule has 31 heavy (non-hydrogen) atoms. The largest absolute Gasteiger partial charge is 0.460 e. The van der Waals surface area contributed by atoms with Gasteiger partial charge in [0, 0.05) is 32.0 Å². The second kappa shape index (κ2) is 12.4. The van der Waals surface area contributed by atoms with E-state index in [-0.39, 0.29) is 12.5 Å². The fourth-order valence-electron chi connectivity index (χ4n) is 3.34. The van der Waals surface area contributed by atoms with E-state index in [9.17, 15) is 9.59 Å². The number of hydrogen-bond acceptors (Lipinski definition) is 5. The molecule has 170 valence electrons. The number of methoxy groups -OCH3 is 1. The smallest absolute Gasteiger partial charge is 0.338 e. The molecule has 0 fully saturated rings. The van der Waals surface area contributed by atoms with Crippen LogP contribution in [0.5, 0.6) is 0 Å². The van der Waals surface area contributed by atoms with Crippen LogP contribution in [0.15, 0.2) is 35.5 Å². The average molecular weight is 448 g/mol. The Morgan fingerprint density at radius 1 is 1.16 bits per heavy atom. The van der Waals surface area contributed by atoms with E-state index in [4.69, 9.17) is 21.7 Å². The number of carbonyl (C=O) groups is 2. The summed E-state index contributed by atoms with van der Waals surface area (Å²) in [7, 11) is 3.36. The van der Waals surface area contributed by atoms with Gasteiger partial charge in [0.1, 0.15) is 6.61 Å². The summed E-state index contributed by atoms with van der Waals surface area (Å²) in [5.74, 6) is -0.397. The van der Waals surface area contributed by atoms with Gasteiger partial charge in [-0.3, -0.25) is 4.79 Å². The maximum absolute atomic E-state index is 12.8. The minimum Gasteiger partial charge on any atom is -0.460 e. The normalized spacial score (nSPS) is 16.2. The Balaban J connectivity index is 2.12. The fourth-order valence-corrected chi connectivity index (χ4v) is 3.59. The fraction of sp³-hybridized carbons (Fsp3) is 0.522. The number of rotatable bonds is 11. The first-order chi connectivity index (χ1) is 14.9. The van der Waals surface area contributed by atoms with E-state index in [1.165, 1.54) is 0 Å². The summed E-state index contributed by atoms with van der Waals surface area (Å²) in [6.45, 7) is 4.50. The van der Waals surface area contributed by atoms with Gasteiger partial charge in [0.15, 0.2) is 5.11 Å². The van der Waals surface area contributed by atoms with Gasteiger partial charge in [0.2, 0.25) is 5.91 Å². The van der Waals surface area contributed by atoms with E-state index in [2.05, 4.69) is 17.6 Å². The van der Waals surface area contributed by atoms with Crippen molar-refractivity contribution in [1.82, 2.24) is 10.2 Å². The molecule has 1 atom stereocenters. The quantitative estimate of drug-likeness (QED) is 0.302. The summed E-state index contributed by atoms with van der Waals surface area (Å²) < 4.78 is 10.3. The molecule has 1 amide bonds. The van der Waals surface area contributed by atoms with Crippen LogP contribution in [0, 0.1) is 0 Å². The predicted octanol–water partition coefficient (Wildman–Crippen LogP) is 3.92. The lowest BCUT2D eigenvalue weighted by Gasteiger charge is -2.35. The molecule has 1 aromatic carbocycles. The third kappa shape index (κ3) is 7.04. The van der Waals surface area contributed by atoms with Gasteiger partial charge < -0.3 is 25.0 Å². The number of carbonyl (C=O) groups excluding carboxylic acids is 2. The molecule has 1 aliphatic rings. The van der Waals surface area contributed by atoms with Crippen LogP contribution in [0.2, 0.25) is 0 Å². The molecule has 1 heterocycles. The third-order valence-electron chi connectivity index (χ3n) is 5.28. The lowest BCUT2D eigenvalue weighted by Crippen LogP contribution is -2.46. The number of anilines is 1. The van der Waals surface area contributed by atoms with E-state index in [0.29, 0.717) is 23.7 Å². The van der Waals surface area contributed by atoms with Crippen LogP contribution in [-0.2, 0) is 19.1 Å². The minimum absolute atomic E-state index is 0.0144. The standard InChI is InChI=1S/C23H33N3O4S/c1-5-6-7-8-9-19(27)24-18-12-10-17(11-13-18)21-20(22(28)30-15-14-29-4)16(2)26(3)23(31)25-21/h10-13,21H,5-9,14-15H2,1-4H3,(H,24,27)(H,25,31). The number of thiocarbonyl (C=S) groups is 1. The zero-order valence-corrected chi connectivity index (χ0v) is 19.6. The third-order valence-corrected chi connectivity index (χ3v) is 5.67. The first-order valence-electron chi connectivity index (χ1n) is 10.7. The number of unbranched alkanes of at least 4 members (excludes halogenated alkanes) is 3. The highest BCUT2D eigenvalue weighted by atomic mass is 32.1. The Labute approximate surface area is 190 Å². The Morgan fingerprint density at radius 3 is 2.52 bits per heavy atom. The van der Waals surface area contributed by atoms with E-state index >= 15 is 0 Å². The lowest BCUT2D eigenvalue weighted by molar-refractivity contribution is -0.140. The van der Waals surface area contributed by atoms with Gasteiger partial charge in [0.25, 0.3) is 0 Å². The van der Waals surface area contributed by atoms with Crippen molar-refractivity contribution in [2.24, 2.45) is 0 Å². The van der Waals surface area contributed by atoms with E-state index < -0.39 is 12.0 Å². The Hall–Kier alpha value is -2.45. The second-order valence-electron chi connectivity index (χ2n) is 7.55. The van der Waals surface area contributed by atoms with Crippen molar-refractivity contribution in [3.05, 3.63) is 41.1 Å². The van der Waals surface area contributed by atoms with Crippen molar-refractivity contribution in [1.29, 1.82) is 0 Å². The molecule has 2 N–H and O–H groups in total. The molecule has 0 saturated carbocycles. The molecule has 7 nitrogen and oxygen atoms in total. The number of allylic oxidation sites excluding steroid dienone is 1. The Kier molecular flexibility index (Phi) is 9.94. The van der Waals surface area contributed by atoms with Crippen molar-refractivity contribution < 1.29 is 19.1 Å². The zero-order valence-electron chi connectivity index (χ0n) is 18.8. The van der Waals surface area contributed by atoms with Crippen molar-refractivity contribution in [3.63, 3.8) is 0 Å². The molecule has 1 aromatic rings. The first kappa shape index (κ1) is 24.8. The van der Waals surface area contributed by atoms with Crippen LogP contribution >= 0.6 is 12.2 Å². The Bertz CT molecular complexity index is 808. The number of esters is 1. The van der Waals surface area contributed by atoms with E-state index in [1.807, 2.05) is 38.2 Å². The maximum Gasteiger partial charge on any atom is 0.338 e. The van der Waals surface area contributed by atoms with Crippen molar-refractivity contribution in [2.45, 2.75) is 52.0 Å². The molecule has 0 saturated heterocycles. The highest BCUT2D eigenvalue weighted by Crippen LogP contribution is 2.31. The molecule has 0 radical (unpaired) electrons. The summed E-state index contributed by atoms with van der Waals surface area (Å²) >= 11 is 5.42. The highest BCUT2D eigenvalue weighted by molar-refractivity contribution is 7.80. The van der Waals surface area contributed by atoms with Crippen LogP contribution in [-0.4, -0.2) is 49.3 Å². The van der Waals surface area contributed by atoms with Gasteiger partial charge in [0.05, 0.1) is 18.2 Å². The van der Waals surface area contributed by atoms with Gasteiger partial charge in [-0.25, -0.2) is 4.79 Å². The van der Waals surface area contributed by atoms with Crippen molar-refractivity contribution in [2.75, 3.05) is 32.7 Å². The molecule has 8 heteroatoms. The number of ether oxygens (including phenoxy) is 2. The molecular weight excluding hydrogens is 414 g/mol. The first-order valence-corrected chi connectivity index (χ1v) is 11.1. The molecule has 2 rings (SSSR count). The van der Waals surface area contributed by atoms with E-state index in [1.54, 1.807) is 12.0 Å². The van der Waals surface area contributed by atoms with Crippen LogP contribution in [0.3, 0.4) is 0 Å². The average Bonchev–Trinajstić information content (AvgIpc) is 2.75. The molecular formula is C23H33N3O4S. The number of nitrogens with one attached hydrogen (secondary N) is 2. The van der Waals surface area contributed by atoms with Crippen LogP contribution in [0.4, 0.5) is 5.69 Å². The summed E-state index contributed by atoms with van der Waals surface area (Å²) in [5, 5.41) is 6.67. The summed E-state index contributed by atoms with van der Waals surface area (Å²) in [6, 6.07) is 7.01. The number of benzene rings is 1. The SMILES string of the molecule is CCCCCCC(=O)Nc1ccc(C2NC(=S)N(C)C(C)=C2C(=O)OCCOC)cc1. The van der Waals surface area contributed by atoms with Crippen LogP contribution in [0.1, 0.15) is 57.6 Å². The Morgan fingerprint density at radius 2 is 1.87 bits per heavy atom. The number of nitrogens with zero attached hydrogens (tertiary/aromatic N) is 1. The molecule has 1 unspecified atom stereocenters.